The lowest BCUT2D eigenvalue weighted by Crippen LogP contribution is -2.29. The number of rotatable bonds is 3. The molecule has 2 aliphatic rings. The van der Waals surface area contributed by atoms with Crippen molar-refractivity contribution in [2.75, 3.05) is 17.5 Å². The molecule has 3 heterocycles. The van der Waals surface area contributed by atoms with E-state index < -0.39 is 0 Å². The fourth-order valence-electron chi connectivity index (χ4n) is 3.60. The van der Waals surface area contributed by atoms with Gasteiger partial charge in [0.15, 0.2) is 11.5 Å². The third-order valence-electron chi connectivity index (χ3n) is 5.13. The summed E-state index contributed by atoms with van der Waals surface area (Å²) in [7, 11) is 0. The van der Waals surface area contributed by atoms with Crippen LogP contribution < -0.4 is 20.2 Å². The molecule has 5 rings (SSSR count). The maximum absolute atomic E-state index is 5.91. The molecule has 29 heavy (non-hydrogen) atoms. The minimum atomic E-state index is 0.109. The summed E-state index contributed by atoms with van der Waals surface area (Å²) in [6.45, 7) is 4.48. The molecule has 2 aromatic carbocycles. The quantitative estimate of drug-likeness (QED) is 0.668. The summed E-state index contributed by atoms with van der Waals surface area (Å²) in [5.41, 5.74) is 10.7. The first-order chi connectivity index (χ1) is 14.1. The fraction of sp³-hybridized carbons (Fsp3) is 0.286. The average molecular weight is 407 g/mol. The molecule has 2 aliphatic heterocycles. The van der Waals surface area contributed by atoms with Gasteiger partial charge in [0, 0.05) is 16.8 Å². The zero-order valence-corrected chi connectivity index (χ0v) is 17.1. The van der Waals surface area contributed by atoms with Crippen molar-refractivity contribution in [2.24, 2.45) is 5.10 Å². The van der Waals surface area contributed by atoms with Gasteiger partial charge < -0.3 is 15.2 Å². The van der Waals surface area contributed by atoms with Crippen LogP contribution in [-0.2, 0) is 12.8 Å². The van der Waals surface area contributed by atoms with Crippen molar-refractivity contribution in [1.82, 2.24) is 10.2 Å². The number of fused-ring (bicyclic) bond motifs is 2. The van der Waals surface area contributed by atoms with E-state index in [0.717, 1.165) is 57.0 Å². The predicted octanol–water partition coefficient (Wildman–Crippen LogP) is 3.62. The Morgan fingerprint density at radius 3 is 2.62 bits per heavy atom. The second kappa shape index (κ2) is 7.04. The first-order valence-corrected chi connectivity index (χ1v) is 10.4. The standard InChI is InChI=1S/C21H21N5O2S/c1-3-19-23-24-21(29-19)26-12(2)8-14-9-17-18(28-11-27-17)10-16(14)20(25-26)13-4-6-15(22)7-5-13/h4-7,9-10,12H,3,8,11,22H2,1-2H3/t12-/m1/s1. The first kappa shape index (κ1) is 17.9. The molecule has 2 N–H and O–H groups in total. The normalized spacial score (nSPS) is 17.7. The van der Waals surface area contributed by atoms with Gasteiger partial charge in [0.2, 0.25) is 11.9 Å². The second-order valence-electron chi connectivity index (χ2n) is 7.16. The van der Waals surface area contributed by atoms with Crippen LogP contribution in [0.5, 0.6) is 11.5 Å². The van der Waals surface area contributed by atoms with Gasteiger partial charge in [-0.25, -0.2) is 5.01 Å². The van der Waals surface area contributed by atoms with E-state index >= 15 is 0 Å². The third kappa shape index (κ3) is 3.19. The second-order valence-corrected chi connectivity index (χ2v) is 8.20. The van der Waals surface area contributed by atoms with Crippen LogP contribution in [0.25, 0.3) is 0 Å². The molecule has 0 amide bonds. The number of benzene rings is 2. The van der Waals surface area contributed by atoms with Gasteiger partial charge in [-0.15, -0.1) is 10.2 Å². The lowest BCUT2D eigenvalue weighted by molar-refractivity contribution is 0.174. The highest BCUT2D eigenvalue weighted by atomic mass is 32.1. The Morgan fingerprint density at radius 2 is 1.90 bits per heavy atom. The van der Waals surface area contributed by atoms with E-state index in [1.807, 2.05) is 35.3 Å². The molecule has 8 heteroatoms. The van der Waals surface area contributed by atoms with Crippen molar-refractivity contribution in [1.29, 1.82) is 0 Å². The molecule has 0 unspecified atom stereocenters. The van der Waals surface area contributed by atoms with Crippen LogP contribution >= 0.6 is 11.3 Å². The van der Waals surface area contributed by atoms with Crippen LogP contribution in [-0.4, -0.2) is 28.7 Å². The van der Waals surface area contributed by atoms with Gasteiger partial charge >= 0.3 is 0 Å². The van der Waals surface area contributed by atoms with Crippen molar-refractivity contribution in [3.05, 3.63) is 58.1 Å². The molecular weight excluding hydrogens is 386 g/mol. The maximum Gasteiger partial charge on any atom is 0.231 e. The highest BCUT2D eigenvalue weighted by Crippen LogP contribution is 2.38. The zero-order chi connectivity index (χ0) is 20.0. The minimum Gasteiger partial charge on any atom is -0.454 e. The average Bonchev–Trinajstić information content (AvgIpc) is 3.35. The fourth-order valence-corrected chi connectivity index (χ4v) is 4.44. The molecule has 148 valence electrons. The summed E-state index contributed by atoms with van der Waals surface area (Å²) in [5.74, 6) is 1.53. The Labute approximate surface area is 172 Å². The summed E-state index contributed by atoms with van der Waals surface area (Å²) in [6, 6.07) is 12.0. The van der Waals surface area contributed by atoms with Gasteiger partial charge in [0.05, 0.1) is 11.8 Å². The number of nitrogens with zero attached hydrogens (tertiary/aromatic N) is 4. The Bertz CT molecular complexity index is 1090. The van der Waals surface area contributed by atoms with Gasteiger partial charge in [-0.1, -0.05) is 30.4 Å². The lowest BCUT2D eigenvalue weighted by Gasteiger charge is -2.21. The van der Waals surface area contributed by atoms with Gasteiger partial charge in [-0.05, 0) is 49.6 Å². The van der Waals surface area contributed by atoms with Crippen LogP contribution in [0, 0.1) is 0 Å². The van der Waals surface area contributed by atoms with Crippen LogP contribution in [0.4, 0.5) is 10.8 Å². The van der Waals surface area contributed by atoms with Gasteiger partial charge in [-0.3, -0.25) is 0 Å². The molecule has 0 saturated heterocycles. The number of nitrogens with two attached hydrogens (primary N) is 1. The third-order valence-corrected chi connectivity index (χ3v) is 6.19. The van der Waals surface area contributed by atoms with E-state index in [9.17, 15) is 0 Å². The molecule has 1 atom stereocenters. The van der Waals surface area contributed by atoms with E-state index in [2.05, 4.69) is 30.1 Å². The molecule has 0 spiro atoms. The van der Waals surface area contributed by atoms with Crippen molar-refractivity contribution >= 4 is 27.9 Å². The lowest BCUT2D eigenvalue weighted by atomic mass is 9.94. The summed E-state index contributed by atoms with van der Waals surface area (Å²) in [6.07, 6.45) is 1.66. The van der Waals surface area contributed by atoms with E-state index in [4.69, 9.17) is 20.3 Å². The largest absolute Gasteiger partial charge is 0.454 e. The molecule has 0 radical (unpaired) electrons. The minimum absolute atomic E-state index is 0.109. The molecule has 7 nitrogen and oxygen atoms in total. The molecular formula is C21H21N5O2S. The van der Waals surface area contributed by atoms with E-state index in [1.165, 1.54) is 5.56 Å². The number of aryl methyl sites for hydroxylation is 1. The van der Waals surface area contributed by atoms with Crippen molar-refractivity contribution in [3.63, 3.8) is 0 Å². The van der Waals surface area contributed by atoms with Crippen molar-refractivity contribution in [2.45, 2.75) is 32.7 Å². The number of anilines is 2. The van der Waals surface area contributed by atoms with Crippen LogP contribution in [0.2, 0.25) is 0 Å². The summed E-state index contributed by atoms with van der Waals surface area (Å²) >= 11 is 1.58. The van der Waals surface area contributed by atoms with Crippen LogP contribution in [0.15, 0.2) is 41.5 Å². The van der Waals surface area contributed by atoms with Gasteiger partial charge in [0.25, 0.3) is 0 Å². The maximum atomic E-state index is 5.91. The molecule has 1 aromatic heterocycles. The van der Waals surface area contributed by atoms with Crippen LogP contribution in [0.3, 0.4) is 0 Å². The first-order valence-electron chi connectivity index (χ1n) is 9.61. The Morgan fingerprint density at radius 1 is 1.14 bits per heavy atom. The zero-order valence-electron chi connectivity index (χ0n) is 16.3. The smallest absolute Gasteiger partial charge is 0.231 e. The highest BCUT2D eigenvalue weighted by Gasteiger charge is 2.29. The number of nitrogen functional groups attached to an aromatic ring is 1. The summed E-state index contributed by atoms with van der Waals surface area (Å²) in [4.78, 5) is 0. The SMILES string of the molecule is CCc1nnc(N2N=C(c3ccc(N)cc3)c3cc4c(cc3C[C@H]2C)OCO4)s1. The van der Waals surface area contributed by atoms with Gasteiger partial charge in [-0.2, -0.15) is 5.10 Å². The molecule has 0 bridgehead atoms. The van der Waals surface area contributed by atoms with Crippen LogP contribution in [0.1, 0.15) is 35.5 Å². The topological polar surface area (TPSA) is 85.9 Å². The monoisotopic (exact) mass is 407 g/mol. The molecule has 0 aliphatic carbocycles. The van der Waals surface area contributed by atoms with E-state index in [-0.39, 0.29) is 12.8 Å². The Balaban J connectivity index is 1.68. The Kier molecular flexibility index (Phi) is 4.35. The molecule has 0 saturated carbocycles. The van der Waals surface area contributed by atoms with E-state index in [0.29, 0.717) is 0 Å². The number of hydrazone groups is 1. The Hall–Kier alpha value is -3.13. The van der Waals surface area contributed by atoms with Gasteiger partial charge in [0.1, 0.15) is 5.01 Å². The molecule has 0 fully saturated rings. The van der Waals surface area contributed by atoms with Crippen molar-refractivity contribution in [3.8, 4) is 11.5 Å². The summed E-state index contributed by atoms with van der Waals surface area (Å²) in [5, 5.41) is 17.5. The number of aromatic nitrogens is 2. The van der Waals surface area contributed by atoms with E-state index in [1.54, 1.807) is 11.3 Å². The number of hydrogen-bond donors (Lipinski definition) is 1. The number of ether oxygens (including phenoxy) is 2. The molecule has 3 aromatic rings. The summed E-state index contributed by atoms with van der Waals surface area (Å²) < 4.78 is 11.2. The number of hydrogen-bond acceptors (Lipinski definition) is 8. The predicted molar refractivity (Wildman–Crippen MR) is 114 cm³/mol. The highest BCUT2D eigenvalue weighted by molar-refractivity contribution is 7.15. The van der Waals surface area contributed by atoms with Crippen molar-refractivity contribution < 1.29 is 9.47 Å².